The third-order valence-electron chi connectivity index (χ3n) is 3.04. The van der Waals surface area contributed by atoms with E-state index in [2.05, 4.69) is 12.6 Å². The highest BCUT2D eigenvalue weighted by atomic mass is 32.1. The molecular formula is C15H20O3S. The van der Waals surface area contributed by atoms with Gasteiger partial charge in [-0.25, -0.2) is 0 Å². The number of hydrogen-bond donors (Lipinski definition) is 1. The van der Waals surface area contributed by atoms with Crippen molar-refractivity contribution in [1.82, 2.24) is 0 Å². The Labute approximate surface area is 119 Å². The highest BCUT2D eigenvalue weighted by Crippen LogP contribution is 2.31. The zero-order valence-electron chi connectivity index (χ0n) is 11.6. The van der Waals surface area contributed by atoms with Crippen LogP contribution in [0.4, 0.5) is 0 Å². The second kappa shape index (κ2) is 6.75. The van der Waals surface area contributed by atoms with Crippen molar-refractivity contribution in [3.05, 3.63) is 35.9 Å². The van der Waals surface area contributed by atoms with Gasteiger partial charge in [0.25, 0.3) is 0 Å². The summed E-state index contributed by atoms with van der Waals surface area (Å²) < 4.78 is 4.23. The van der Waals surface area contributed by atoms with Crippen molar-refractivity contribution in [3.8, 4) is 0 Å². The Bertz CT molecular complexity index is 442. The van der Waals surface area contributed by atoms with Gasteiger partial charge in [-0.05, 0) is 18.4 Å². The largest absolute Gasteiger partial charge is 0.460 e. The van der Waals surface area contributed by atoms with Crippen molar-refractivity contribution in [2.45, 2.75) is 38.5 Å². The smallest absolute Gasteiger partial charge is 0.322 e. The molecule has 0 saturated carbocycles. The fourth-order valence-corrected chi connectivity index (χ4v) is 2.03. The average molecular weight is 280 g/mol. The SMILES string of the molecule is CC(=O)CC(S)(C(=O)OCc1ccccc1)C(C)C. The lowest BCUT2D eigenvalue weighted by Gasteiger charge is -2.29. The number of esters is 1. The molecule has 1 aromatic carbocycles. The summed E-state index contributed by atoms with van der Waals surface area (Å²) in [6, 6.07) is 9.43. The number of ether oxygens (including phenoxy) is 1. The van der Waals surface area contributed by atoms with Crippen LogP contribution in [0.15, 0.2) is 30.3 Å². The first-order valence-corrected chi connectivity index (χ1v) is 6.74. The van der Waals surface area contributed by atoms with Crippen molar-refractivity contribution in [1.29, 1.82) is 0 Å². The van der Waals surface area contributed by atoms with E-state index in [1.165, 1.54) is 6.92 Å². The third-order valence-corrected chi connectivity index (χ3v) is 3.90. The van der Waals surface area contributed by atoms with Gasteiger partial charge in [0.2, 0.25) is 0 Å². The molecule has 0 heterocycles. The van der Waals surface area contributed by atoms with Crippen LogP contribution in [0.2, 0.25) is 0 Å². The van der Waals surface area contributed by atoms with E-state index in [9.17, 15) is 9.59 Å². The van der Waals surface area contributed by atoms with Crippen LogP contribution in [0.3, 0.4) is 0 Å². The lowest BCUT2D eigenvalue weighted by atomic mass is 9.90. The fourth-order valence-electron chi connectivity index (χ4n) is 1.74. The third kappa shape index (κ3) is 4.39. The van der Waals surface area contributed by atoms with Gasteiger partial charge in [-0.2, -0.15) is 12.6 Å². The van der Waals surface area contributed by atoms with Crippen LogP contribution in [0.25, 0.3) is 0 Å². The summed E-state index contributed by atoms with van der Waals surface area (Å²) in [5, 5.41) is 0. The van der Waals surface area contributed by atoms with Gasteiger partial charge in [-0.15, -0.1) is 0 Å². The quantitative estimate of drug-likeness (QED) is 0.643. The van der Waals surface area contributed by atoms with Gasteiger partial charge in [-0.1, -0.05) is 44.2 Å². The van der Waals surface area contributed by atoms with Crippen molar-refractivity contribution < 1.29 is 14.3 Å². The molecule has 0 N–H and O–H groups in total. The van der Waals surface area contributed by atoms with E-state index >= 15 is 0 Å². The summed E-state index contributed by atoms with van der Waals surface area (Å²) in [6.07, 6.45) is 0.0847. The number of Topliss-reactive ketones (excluding diaryl/α,β-unsaturated/α-hetero) is 1. The minimum absolute atomic E-state index is 0.0691. The van der Waals surface area contributed by atoms with E-state index in [0.29, 0.717) is 0 Å². The number of carbonyl (C=O) groups excluding carboxylic acids is 2. The van der Waals surface area contributed by atoms with E-state index in [-0.39, 0.29) is 24.7 Å². The Morgan fingerprint density at radius 1 is 1.26 bits per heavy atom. The highest BCUT2D eigenvalue weighted by Gasteiger charge is 2.40. The molecule has 1 atom stereocenters. The molecule has 1 unspecified atom stereocenters. The van der Waals surface area contributed by atoms with Crippen molar-refractivity contribution in [2.75, 3.05) is 0 Å². The van der Waals surface area contributed by atoms with Crippen molar-refractivity contribution in [3.63, 3.8) is 0 Å². The first-order chi connectivity index (χ1) is 8.86. The number of ketones is 1. The van der Waals surface area contributed by atoms with Gasteiger partial charge >= 0.3 is 5.97 Å². The number of thiol groups is 1. The Morgan fingerprint density at radius 3 is 2.32 bits per heavy atom. The molecule has 3 nitrogen and oxygen atoms in total. The van der Waals surface area contributed by atoms with Crippen LogP contribution in [-0.4, -0.2) is 16.5 Å². The lowest BCUT2D eigenvalue weighted by molar-refractivity contribution is -0.150. The van der Waals surface area contributed by atoms with Crippen LogP contribution >= 0.6 is 12.6 Å². The van der Waals surface area contributed by atoms with E-state index in [0.717, 1.165) is 5.56 Å². The van der Waals surface area contributed by atoms with Crippen molar-refractivity contribution >= 4 is 24.4 Å². The predicted molar refractivity (Wildman–Crippen MR) is 78.1 cm³/mol. The minimum atomic E-state index is -1.05. The molecule has 0 aliphatic carbocycles. The maximum atomic E-state index is 12.2. The van der Waals surface area contributed by atoms with Crippen LogP contribution in [0, 0.1) is 5.92 Å². The van der Waals surface area contributed by atoms with Gasteiger partial charge < -0.3 is 4.74 Å². The molecule has 0 saturated heterocycles. The number of hydrogen-bond acceptors (Lipinski definition) is 4. The molecule has 0 radical (unpaired) electrons. The minimum Gasteiger partial charge on any atom is -0.460 e. The van der Waals surface area contributed by atoms with Crippen LogP contribution in [-0.2, 0) is 20.9 Å². The second-order valence-electron chi connectivity index (χ2n) is 5.02. The van der Waals surface area contributed by atoms with Crippen LogP contribution in [0.1, 0.15) is 32.8 Å². The topological polar surface area (TPSA) is 43.4 Å². The first kappa shape index (κ1) is 15.8. The number of benzene rings is 1. The molecule has 4 heteroatoms. The molecule has 0 spiro atoms. The molecule has 0 aliphatic rings. The maximum absolute atomic E-state index is 12.2. The van der Waals surface area contributed by atoms with Crippen LogP contribution < -0.4 is 0 Å². The number of carbonyl (C=O) groups is 2. The van der Waals surface area contributed by atoms with Gasteiger partial charge in [0.15, 0.2) is 0 Å². The van der Waals surface area contributed by atoms with Crippen LogP contribution in [0.5, 0.6) is 0 Å². The van der Waals surface area contributed by atoms with E-state index in [1.807, 2.05) is 44.2 Å². The predicted octanol–water partition coefficient (Wildman–Crippen LogP) is 3.03. The Morgan fingerprint density at radius 2 is 1.84 bits per heavy atom. The number of rotatable bonds is 6. The van der Waals surface area contributed by atoms with E-state index < -0.39 is 10.7 Å². The van der Waals surface area contributed by atoms with Gasteiger partial charge in [0, 0.05) is 6.42 Å². The molecule has 1 rings (SSSR count). The second-order valence-corrected chi connectivity index (χ2v) is 5.82. The molecule has 1 aromatic rings. The summed E-state index contributed by atoms with van der Waals surface area (Å²) >= 11 is 4.40. The molecule has 0 fully saturated rings. The lowest BCUT2D eigenvalue weighted by Crippen LogP contribution is -2.41. The molecular weight excluding hydrogens is 260 g/mol. The molecule has 0 amide bonds. The highest BCUT2D eigenvalue weighted by molar-refractivity contribution is 7.82. The summed E-state index contributed by atoms with van der Waals surface area (Å²) in [6.45, 7) is 5.38. The van der Waals surface area contributed by atoms with Gasteiger partial charge in [0.05, 0.1) is 0 Å². The zero-order chi connectivity index (χ0) is 14.5. The normalized spacial score (nSPS) is 13.9. The summed E-state index contributed by atoms with van der Waals surface area (Å²) in [5.41, 5.74) is 0.915. The van der Waals surface area contributed by atoms with E-state index in [1.54, 1.807) is 0 Å². The molecule has 104 valence electrons. The average Bonchev–Trinajstić information content (AvgIpc) is 2.36. The van der Waals surface area contributed by atoms with E-state index in [4.69, 9.17) is 4.74 Å². The van der Waals surface area contributed by atoms with Gasteiger partial charge in [-0.3, -0.25) is 9.59 Å². The maximum Gasteiger partial charge on any atom is 0.322 e. The Kier molecular flexibility index (Phi) is 5.60. The van der Waals surface area contributed by atoms with Crippen molar-refractivity contribution in [2.24, 2.45) is 5.92 Å². The first-order valence-electron chi connectivity index (χ1n) is 6.29. The molecule has 0 aromatic heterocycles. The monoisotopic (exact) mass is 280 g/mol. The summed E-state index contributed by atoms with van der Waals surface area (Å²) in [4.78, 5) is 23.5. The summed E-state index contributed by atoms with van der Waals surface area (Å²) in [7, 11) is 0. The Balaban J connectivity index is 2.70. The van der Waals surface area contributed by atoms with Gasteiger partial charge in [0.1, 0.15) is 17.1 Å². The standard InChI is InChI=1S/C15H20O3S/c1-11(2)15(19,9-12(3)16)14(17)18-10-13-7-5-4-6-8-13/h4-8,11,19H,9-10H2,1-3H3. The summed E-state index contributed by atoms with van der Waals surface area (Å²) in [5.74, 6) is -0.590. The molecule has 19 heavy (non-hydrogen) atoms. The molecule has 0 bridgehead atoms. The molecule has 0 aliphatic heterocycles. The zero-order valence-corrected chi connectivity index (χ0v) is 12.4. The fraction of sp³-hybridized carbons (Fsp3) is 0.467. The Hall–Kier alpha value is -1.29.